The van der Waals surface area contributed by atoms with Gasteiger partial charge in [-0.3, -0.25) is 4.98 Å². The van der Waals surface area contributed by atoms with Gasteiger partial charge in [0.1, 0.15) is 5.69 Å². The number of aromatic carboxylic acids is 1. The molecule has 2 rings (SSSR count). The van der Waals surface area contributed by atoms with Gasteiger partial charge in [0.15, 0.2) is 0 Å². The van der Waals surface area contributed by atoms with E-state index in [1.54, 1.807) is 12.4 Å². The van der Waals surface area contributed by atoms with Crippen LogP contribution in [0.3, 0.4) is 0 Å². The molecule has 7 heteroatoms. The molecular weight excluding hydrogens is 272 g/mol. The minimum absolute atomic E-state index is 0.0707. The minimum atomic E-state index is -1.11. The number of pyridine rings is 2. The van der Waals surface area contributed by atoms with Gasteiger partial charge in [0.2, 0.25) is 0 Å². The molecule has 0 spiro atoms. The number of carbonyl (C=O) groups excluding carboxylic acids is 1. The third-order valence-electron chi connectivity index (χ3n) is 2.69. The van der Waals surface area contributed by atoms with E-state index in [4.69, 9.17) is 5.11 Å². The molecule has 0 saturated heterocycles. The molecule has 0 saturated carbocycles. The maximum atomic E-state index is 11.6. The van der Waals surface area contributed by atoms with Gasteiger partial charge in [-0.2, -0.15) is 0 Å². The number of carboxylic acids is 1. The number of nitrogens with one attached hydrogen (secondary N) is 2. The Morgan fingerprint density at radius 1 is 1.14 bits per heavy atom. The number of aromatic nitrogens is 2. The van der Waals surface area contributed by atoms with Gasteiger partial charge in [0.25, 0.3) is 0 Å². The van der Waals surface area contributed by atoms with Crippen LogP contribution >= 0.6 is 0 Å². The van der Waals surface area contributed by atoms with Gasteiger partial charge in [0.05, 0.1) is 11.9 Å². The van der Waals surface area contributed by atoms with E-state index in [-0.39, 0.29) is 11.7 Å². The molecule has 0 atom stereocenters. The van der Waals surface area contributed by atoms with E-state index in [1.165, 1.54) is 18.3 Å². The van der Waals surface area contributed by atoms with Crippen LogP contribution in [0.5, 0.6) is 0 Å². The van der Waals surface area contributed by atoms with Crippen LogP contribution < -0.4 is 10.6 Å². The lowest BCUT2D eigenvalue weighted by molar-refractivity contribution is 0.0690. The molecule has 2 aromatic heterocycles. The SMILES string of the molecule is O=C(NCCc1ccncc1)Nc1ccc(C(=O)O)nc1. The second kappa shape index (κ2) is 6.99. The zero-order valence-electron chi connectivity index (χ0n) is 11.1. The number of carbonyl (C=O) groups is 2. The molecule has 7 nitrogen and oxygen atoms in total. The number of carboxylic acid groups (broad SMARTS) is 1. The molecule has 3 N–H and O–H groups in total. The summed E-state index contributed by atoms with van der Waals surface area (Å²) in [6.45, 7) is 0.483. The van der Waals surface area contributed by atoms with Crippen LogP contribution in [0.25, 0.3) is 0 Å². The van der Waals surface area contributed by atoms with Crippen molar-refractivity contribution in [1.29, 1.82) is 0 Å². The maximum absolute atomic E-state index is 11.6. The zero-order valence-corrected chi connectivity index (χ0v) is 11.1. The predicted molar refractivity (Wildman–Crippen MR) is 76.2 cm³/mol. The molecule has 21 heavy (non-hydrogen) atoms. The Kier molecular flexibility index (Phi) is 4.81. The number of nitrogens with zero attached hydrogens (tertiary/aromatic N) is 2. The predicted octanol–water partition coefficient (Wildman–Crippen LogP) is 1.54. The van der Waals surface area contributed by atoms with Crippen molar-refractivity contribution in [3.8, 4) is 0 Å². The quantitative estimate of drug-likeness (QED) is 0.773. The Morgan fingerprint density at radius 2 is 1.90 bits per heavy atom. The Labute approximate surface area is 121 Å². The number of amides is 2. The fourth-order valence-electron chi connectivity index (χ4n) is 1.64. The lowest BCUT2D eigenvalue weighted by Crippen LogP contribution is -2.30. The molecule has 0 aliphatic rings. The molecule has 0 fully saturated rings. The monoisotopic (exact) mass is 286 g/mol. The summed E-state index contributed by atoms with van der Waals surface area (Å²) in [5, 5.41) is 14.0. The first-order valence-corrected chi connectivity index (χ1v) is 6.28. The molecule has 0 aliphatic heterocycles. The minimum Gasteiger partial charge on any atom is -0.477 e. The number of urea groups is 1. The molecule has 108 valence electrons. The Balaban J connectivity index is 1.78. The average molecular weight is 286 g/mol. The molecule has 0 aromatic carbocycles. The van der Waals surface area contributed by atoms with Crippen molar-refractivity contribution in [1.82, 2.24) is 15.3 Å². The summed E-state index contributed by atoms with van der Waals surface area (Å²) in [4.78, 5) is 29.9. The van der Waals surface area contributed by atoms with E-state index < -0.39 is 5.97 Å². The van der Waals surface area contributed by atoms with Crippen LogP contribution in [-0.2, 0) is 6.42 Å². The first-order chi connectivity index (χ1) is 10.1. The van der Waals surface area contributed by atoms with E-state index in [2.05, 4.69) is 20.6 Å². The van der Waals surface area contributed by atoms with Gasteiger partial charge in [0, 0.05) is 18.9 Å². The van der Waals surface area contributed by atoms with Crippen molar-refractivity contribution in [2.75, 3.05) is 11.9 Å². The molecule has 2 aromatic rings. The normalized spacial score (nSPS) is 9.90. The molecule has 0 aliphatic carbocycles. The molecule has 2 heterocycles. The fourth-order valence-corrected chi connectivity index (χ4v) is 1.64. The van der Waals surface area contributed by atoms with Crippen molar-refractivity contribution in [2.24, 2.45) is 0 Å². The van der Waals surface area contributed by atoms with Gasteiger partial charge in [-0.05, 0) is 36.2 Å². The van der Waals surface area contributed by atoms with Crippen molar-refractivity contribution >= 4 is 17.7 Å². The standard InChI is InChI=1S/C14H14N4O3/c19-13(20)12-2-1-11(9-17-12)18-14(21)16-8-5-10-3-6-15-7-4-10/h1-4,6-7,9H,5,8H2,(H,19,20)(H2,16,18,21). The summed E-state index contributed by atoms with van der Waals surface area (Å²) in [5.74, 6) is -1.11. The summed E-state index contributed by atoms with van der Waals surface area (Å²) in [6.07, 6.45) is 5.40. The van der Waals surface area contributed by atoms with Gasteiger partial charge in [-0.15, -0.1) is 0 Å². The van der Waals surface area contributed by atoms with Crippen LogP contribution in [0.15, 0.2) is 42.9 Å². The molecule has 0 unspecified atom stereocenters. The highest BCUT2D eigenvalue weighted by Gasteiger charge is 2.05. The topological polar surface area (TPSA) is 104 Å². The molecular formula is C14H14N4O3. The second-order valence-corrected chi connectivity index (χ2v) is 4.22. The van der Waals surface area contributed by atoms with E-state index >= 15 is 0 Å². The number of anilines is 1. The van der Waals surface area contributed by atoms with Crippen molar-refractivity contribution < 1.29 is 14.7 Å². The van der Waals surface area contributed by atoms with Crippen LogP contribution in [0, 0.1) is 0 Å². The first-order valence-electron chi connectivity index (χ1n) is 6.28. The van der Waals surface area contributed by atoms with Gasteiger partial charge in [-0.25, -0.2) is 14.6 Å². The Morgan fingerprint density at radius 3 is 2.52 bits per heavy atom. The zero-order chi connectivity index (χ0) is 15.1. The number of hydrogen-bond donors (Lipinski definition) is 3. The molecule has 0 bridgehead atoms. The highest BCUT2D eigenvalue weighted by Crippen LogP contribution is 2.05. The first kappa shape index (κ1) is 14.4. The lowest BCUT2D eigenvalue weighted by atomic mass is 10.2. The second-order valence-electron chi connectivity index (χ2n) is 4.22. The highest BCUT2D eigenvalue weighted by atomic mass is 16.4. The van der Waals surface area contributed by atoms with E-state index in [9.17, 15) is 9.59 Å². The summed E-state index contributed by atoms with van der Waals surface area (Å²) in [6, 6.07) is 6.21. The smallest absolute Gasteiger partial charge is 0.354 e. The van der Waals surface area contributed by atoms with Crippen LogP contribution in [-0.4, -0.2) is 33.6 Å². The highest BCUT2D eigenvalue weighted by molar-refractivity contribution is 5.90. The number of rotatable bonds is 5. The Hall–Kier alpha value is -2.96. The summed E-state index contributed by atoms with van der Waals surface area (Å²) in [7, 11) is 0. The van der Waals surface area contributed by atoms with Gasteiger partial charge >= 0.3 is 12.0 Å². The largest absolute Gasteiger partial charge is 0.477 e. The third kappa shape index (κ3) is 4.57. The van der Waals surface area contributed by atoms with E-state index in [1.807, 2.05) is 12.1 Å². The van der Waals surface area contributed by atoms with E-state index in [0.29, 0.717) is 18.7 Å². The average Bonchev–Trinajstić information content (AvgIpc) is 2.49. The Bertz CT molecular complexity index is 614. The lowest BCUT2D eigenvalue weighted by Gasteiger charge is -2.07. The van der Waals surface area contributed by atoms with Crippen LogP contribution in [0.1, 0.15) is 16.1 Å². The molecule has 0 radical (unpaired) electrons. The van der Waals surface area contributed by atoms with E-state index in [0.717, 1.165) is 5.56 Å². The van der Waals surface area contributed by atoms with Gasteiger partial charge in [-0.1, -0.05) is 0 Å². The van der Waals surface area contributed by atoms with Crippen molar-refractivity contribution in [3.63, 3.8) is 0 Å². The summed E-state index contributed by atoms with van der Waals surface area (Å²) >= 11 is 0. The van der Waals surface area contributed by atoms with Crippen molar-refractivity contribution in [2.45, 2.75) is 6.42 Å². The third-order valence-corrected chi connectivity index (χ3v) is 2.69. The summed E-state index contributed by atoms with van der Waals surface area (Å²) in [5.41, 5.74) is 1.44. The summed E-state index contributed by atoms with van der Waals surface area (Å²) < 4.78 is 0. The fraction of sp³-hybridized carbons (Fsp3) is 0.143. The van der Waals surface area contributed by atoms with Crippen LogP contribution in [0.4, 0.5) is 10.5 Å². The number of hydrogen-bond acceptors (Lipinski definition) is 4. The maximum Gasteiger partial charge on any atom is 0.354 e. The molecule has 2 amide bonds. The van der Waals surface area contributed by atoms with Crippen molar-refractivity contribution in [3.05, 3.63) is 54.1 Å². The van der Waals surface area contributed by atoms with Gasteiger partial charge < -0.3 is 15.7 Å². The van der Waals surface area contributed by atoms with Crippen LogP contribution in [0.2, 0.25) is 0 Å².